The minimum Gasteiger partial charge on any atom is -0.364 e. The van der Waals surface area contributed by atoms with Crippen LogP contribution < -0.4 is 10.2 Å². The van der Waals surface area contributed by atoms with Crippen LogP contribution in [0.1, 0.15) is 23.7 Å². The molecule has 0 unspecified atom stereocenters. The first-order valence-corrected chi connectivity index (χ1v) is 9.37. The van der Waals surface area contributed by atoms with E-state index < -0.39 is 5.92 Å². The average molecular weight is 401 g/mol. The van der Waals surface area contributed by atoms with Crippen molar-refractivity contribution in [2.45, 2.75) is 25.8 Å². The summed E-state index contributed by atoms with van der Waals surface area (Å²) in [5.74, 6) is -2.14. The number of hydrogen-bond donors (Lipinski definition) is 1. The van der Waals surface area contributed by atoms with Crippen molar-refractivity contribution in [2.75, 3.05) is 16.8 Å². The highest BCUT2D eigenvalue weighted by molar-refractivity contribution is 6.33. The summed E-state index contributed by atoms with van der Waals surface area (Å²) in [4.78, 5) is 11.0. The molecule has 0 fully saturated rings. The van der Waals surface area contributed by atoms with E-state index in [9.17, 15) is 8.78 Å². The molecule has 4 nitrogen and oxygen atoms in total. The SMILES string of the molecule is CC(F)(F)c1ccc(Nc2ncnc3c2CCN(c2ccccc2Cl)C3)cc1. The smallest absolute Gasteiger partial charge is 0.270 e. The lowest BCUT2D eigenvalue weighted by atomic mass is 10.0. The predicted octanol–water partition coefficient (Wildman–Crippen LogP) is 5.55. The van der Waals surface area contributed by atoms with E-state index in [1.54, 1.807) is 12.1 Å². The van der Waals surface area contributed by atoms with Crippen LogP contribution in [0.5, 0.6) is 0 Å². The zero-order valence-electron chi connectivity index (χ0n) is 15.3. The molecule has 0 atom stereocenters. The van der Waals surface area contributed by atoms with E-state index in [1.165, 1.54) is 18.5 Å². The summed E-state index contributed by atoms with van der Waals surface area (Å²) in [6.45, 7) is 2.32. The maximum atomic E-state index is 13.4. The molecule has 0 bridgehead atoms. The number of nitrogens with zero attached hydrogens (tertiary/aromatic N) is 3. The topological polar surface area (TPSA) is 41.1 Å². The lowest BCUT2D eigenvalue weighted by Gasteiger charge is -2.31. The molecule has 4 rings (SSSR count). The molecule has 0 saturated heterocycles. The molecule has 1 aliphatic rings. The Kier molecular flexibility index (Phi) is 4.89. The van der Waals surface area contributed by atoms with E-state index in [1.807, 2.05) is 24.3 Å². The third kappa shape index (κ3) is 3.78. The van der Waals surface area contributed by atoms with E-state index in [-0.39, 0.29) is 5.56 Å². The predicted molar refractivity (Wildman–Crippen MR) is 108 cm³/mol. The van der Waals surface area contributed by atoms with Gasteiger partial charge in [0, 0.05) is 30.3 Å². The molecular weight excluding hydrogens is 382 g/mol. The fourth-order valence-electron chi connectivity index (χ4n) is 3.36. The average Bonchev–Trinajstić information content (AvgIpc) is 2.68. The van der Waals surface area contributed by atoms with Crippen molar-refractivity contribution in [2.24, 2.45) is 0 Å². The van der Waals surface area contributed by atoms with Gasteiger partial charge in [-0.2, -0.15) is 0 Å². The number of para-hydroxylation sites is 1. The van der Waals surface area contributed by atoms with Crippen LogP contribution in [0, 0.1) is 0 Å². The molecule has 144 valence electrons. The fraction of sp³-hybridized carbons (Fsp3) is 0.238. The Bertz CT molecular complexity index is 986. The first-order chi connectivity index (χ1) is 13.4. The van der Waals surface area contributed by atoms with E-state index >= 15 is 0 Å². The highest BCUT2D eigenvalue weighted by Gasteiger charge is 2.24. The third-order valence-corrected chi connectivity index (χ3v) is 5.17. The second-order valence-corrected chi connectivity index (χ2v) is 7.27. The van der Waals surface area contributed by atoms with E-state index in [0.29, 0.717) is 23.1 Å². The molecule has 0 spiro atoms. The summed E-state index contributed by atoms with van der Waals surface area (Å²) in [7, 11) is 0. The van der Waals surface area contributed by atoms with Gasteiger partial charge in [0.1, 0.15) is 12.1 Å². The number of fused-ring (bicyclic) bond motifs is 1. The van der Waals surface area contributed by atoms with Crippen LogP contribution in [0.3, 0.4) is 0 Å². The molecule has 1 aliphatic heterocycles. The first kappa shape index (κ1) is 18.6. The summed E-state index contributed by atoms with van der Waals surface area (Å²) in [6, 6.07) is 13.9. The number of nitrogens with one attached hydrogen (secondary N) is 1. The molecular formula is C21H19ClF2N4. The zero-order valence-corrected chi connectivity index (χ0v) is 16.0. The minimum absolute atomic E-state index is 0.0156. The van der Waals surface area contributed by atoms with Crippen LogP contribution in [-0.2, 0) is 18.9 Å². The monoisotopic (exact) mass is 400 g/mol. The Hall–Kier alpha value is -2.73. The second-order valence-electron chi connectivity index (χ2n) is 6.86. The number of anilines is 3. The highest BCUT2D eigenvalue weighted by atomic mass is 35.5. The number of halogens is 3. The molecule has 28 heavy (non-hydrogen) atoms. The highest BCUT2D eigenvalue weighted by Crippen LogP contribution is 2.32. The van der Waals surface area contributed by atoms with E-state index in [4.69, 9.17) is 11.6 Å². The van der Waals surface area contributed by atoms with Crippen molar-refractivity contribution in [1.29, 1.82) is 0 Å². The molecule has 0 amide bonds. The quantitative estimate of drug-likeness (QED) is 0.623. The van der Waals surface area contributed by atoms with Gasteiger partial charge in [0.05, 0.1) is 22.9 Å². The van der Waals surface area contributed by atoms with Gasteiger partial charge in [-0.3, -0.25) is 0 Å². The molecule has 1 aromatic heterocycles. The van der Waals surface area contributed by atoms with Gasteiger partial charge in [0.2, 0.25) is 0 Å². The second kappa shape index (κ2) is 7.36. The Labute approximate surface area is 167 Å². The van der Waals surface area contributed by atoms with Gasteiger partial charge in [0.25, 0.3) is 5.92 Å². The molecule has 2 aromatic carbocycles. The molecule has 3 aromatic rings. The van der Waals surface area contributed by atoms with Gasteiger partial charge in [-0.05, 0) is 30.7 Å². The summed E-state index contributed by atoms with van der Waals surface area (Å²) in [5, 5.41) is 3.95. The minimum atomic E-state index is -2.85. The van der Waals surface area contributed by atoms with Crippen LogP contribution in [-0.4, -0.2) is 16.5 Å². The Balaban J connectivity index is 1.56. The molecule has 1 N–H and O–H groups in total. The van der Waals surface area contributed by atoms with Crippen molar-refractivity contribution in [3.05, 3.63) is 76.7 Å². The first-order valence-electron chi connectivity index (χ1n) is 8.99. The van der Waals surface area contributed by atoms with Crippen molar-refractivity contribution in [1.82, 2.24) is 9.97 Å². The van der Waals surface area contributed by atoms with Crippen LogP contribution in [0.2, 0.25) is 5.02 Å². The molecule has 7 heteroatoms. The van der Waals surface area contributed by atoms with Gasteiger partial charge in [-0.1, -0.05) is 35.9 Å². The molecule has 2 heterocycles. The largest absolute Gasteiger partial charge is 0.364 e. The maximum absolute atomic E-state index is 13.4. The summed E-state index contributed by atoms with van der Waals surface area (Å²) >= 11 is 6.33. The molecule has 0 radical (unpaired) electrons. The number of hydrogen-bond acceptors (Lipinski definition) is 4. The Morgan fingerprint density at radius 3 is 2.54 bits per heavy atom. The number of aromatic nitrogens is 2. The lowest BCUT2D eigenvalue weighted by molar-refractivity contribution is 0.0175. The van der Waals surface area contributed by atoms with E-state index in [2.05, 4.69) is 20.2 Å². The number of rotatable bonds is 4. The van der Waals surface area contributed by atoms with Gasteiger partial charge in [0.15, 0.2) is 0 Å². The molecule has 0 aliphatic carbocycles. The Morgan fingerprint density at radius 2 is 1.82 bits per heavy atom. The van der Waals surface area contributed by atoms with Crippen molar-refractivity contribution >= 4 is 28.8 Å². The van der Waals surface area contributed by atoms with E-state index in [0.717, 1.165) is 36.8 Å². The van der Waals surface area contributed by atoms with Gasteiger partial charge >= 0.3 is 0 Å². The maximum Gasteiger partial charge on any atom is 0.270 e. The summed E-state index contributed by atoms with van der Waals surface area (Å²) < 4.78 is 26.8. The Morgan fingerprint density at radius 1 is 1.07 bits per heavy atom. The molecule has 0 saturated carbocycles. The van der Waals surface area contributed by atoms with Crippen molar-refractivity contribution in [3.63, 3.8) is 0 Å². The standard InChI is InChI=1S/C21H19ClF2N4/c1-21(23,24)14-6-8-15(9-7-14)27-20-16-10-11-28(12-18(16)25-13-26-20)19-5-3-2-4-17(19)22/h2-9,13H,10-12H2,1H3,(H,25,26,27). The van der Waals surface area contributed by atoms with Crippen molar-refractivity contribution in [3.8, 4) is 0 Å². The normalized spacial score (nSPS) is 13.9. The van der Waals surface area contributed by atoms with Crippen molar-refractivity contribution < 1.29 is 8.78 Å². The summed E-state index contributed by atoms with van der Waals surface area (Å²) in [5.41, 5.74) is 3.65. The van der Waals surface area contributed by atoms with Gasteiger partial charge < -0.3 is 10.2 Å². The third-order valence-electron chi connectivity index (χ3n) is 4.85. The lowest BCUT2D eigenvalue weighted by Crippen LogP contribution is -2.32. The number of alkyl halides is 2. The zero-order chi connectivity index (χ0) is 19.7. The van der Waals surface area contributed by atoms with Gasteiger partial charge in [-0.25, -0.2) is 18.7 Å². The summed E-state index contributed by atoms with van der Waals surface area (Å²) in [6.07, 6.45) is 2.28. The number of benzene rings is 2. The van der Waals surface area contributed by atoms with Crippen LogP contribution in [0.25, 0.3) is 0 Å². The van der Waals surface area contributed by atoms with Gasteiger partial charge in [-0.15, -0.1) is 0 Å². The van der Waals surface area contributed by atoms with Crippen LogP contribution in [0.15, 0.2) is 54.9 Å². The fourth-order valence-corrected chi connectivity index (χ4v) is 3.61. The van der Waals surface area contributed by atoms with Crippen LogP contribution >= 0.6 is 11.6 Å². The van der Waals surface area contributed by atoms with Crippen LogP contribution in [0.4, 0.5) is 26.0 Å².